The van der Waals surface area contributed by atoms with E-state index in [1.54, 1.807) is 11.3 Å². The van der Waals surface area contributed by atoms with E-state index in [1.165, 1.54) is 11.3 Å². The van der Waals surface area contributed by atoms with Crippen LogP contribution in [0.3, 0.4) is 0 Å². The first-order chi connectivity index (χ1) is 7.79. The number of halogens is 1. The van der Waals surface area contributed by atoms with Crippen molar-refractivity contribution >= 4 is 33.0 Å². The van der Waals surface area contributed by atoms with E-state index in [4.69, 9.17) is 0 Å². The van der Waals surface area contributed by atoms with Crippen LogP contribution < -0.4 is 5.32 Å². The molecule has 3 heteroatoms. The first-order valence-electron chi connectivity index (χ1n) is 5.34. The molecule has 84 valence electrons. The third kappa shape index (κ3) is 2.86. The molecule has 1 heterocycles. The Morgan fingerprint density at radius 3 is 2.88 bits per heavy atom. The second-order valence-corrected chi connectivity index (χ2v) is 5.37. The smallest absolute Gasteiger partial charge is 0.0511 e. The Kier molecular flexibility index (Phi) is 4.02. The molecule has 0 aliphatic rings. The van der Waals surface area contributed by atoms with Crippen LogP contribution in [0.25, 0.3) is 0 Å². The zero-order valence-electron chi connectivity index (χ0n) is 9.11. The summed E-state index contributed by atoms with van der Waals surface area (Å²) >= 11 is 5.23. The van der Waals surface area contributed by atoms with Gasteiger partial charge in [0.1, 0.15) is 0 Å². The molecule has 0 aliphatic carbocycles. The Bertz CT molecular complexity index is 439. The molecule has 2 rings (SSSR count). The Morgan fingerprint density at radius 2 is 2.25 bits per heavy atom. The second-order valence-electron chi connectivity index (χ2n) is 3.67. The number of thiophene rings is 1. The molecule has 0 fully saturated rings. The van der Waals surface area contributed by atoms with Gasteiger partial charge in [0.15, 0.2) is 0 Å². The zero-order chi connectivity index (χ0) is 11.4. The summed E-state index contributed by atoms with van der Waals surface area (Å²) in [5.74, 6) is 0. The van der Waals surface area contributed by atoms with E-state index < -0.39 is 0 Å². The van der Waals surface area contributed by atoms with Crippen molar-refractivity contribution in [3.8, 4) is 0 Å². The van der Waals surface area contributed by atoms with Gasteiger partial charge in [0.25, 0.3) is 0 Å². The van der Waals surface area contributed by atoms with E-state index >= 15 is 0 Å². The van der Waals surface area contributed by atoms with E-state index in [1.807, 2.05) is 0 Å². The van der Waals surface area contributed by atoms with Crippen LogP contribution in [0.15, 0.2) is 45.6 Å². The van der Waals surface area contributed by atoms with Crippen molar-refractivity contribution in [2.24, 2.45) is 0 Å². The lowest BCUT2D eigenvalue weighted by Crippen LogP contribution is -2.08. The van der Waals surface area contributed by atoms with Gasteiger partial charge in [-0.15, -0.1) is 0 Å². The van der Waals surface area contributed by atoms with Gasteiger partial charge in [-0.3, -0.25) is 0 Å². The summed E-state index contributed by atoms with van der Waals surface area (Å²) in [6.07, 6.45) is 1.08. The Balaban J connectivity index is 2.16. The molecule has 0 saturated carbocycles. The minimum Gasteiger partial charge on any atom is -0.378 e. The van der Waals surface area contributed by atoms with E-state index in [-0.39, 0.29) is 0 Å². The summed E-state index contributed by atoms with van der Waals surface area (Å²) < 4.78 is 1.13. The lowest BCUT2D eigenvalue weighted by Gasteiger charge is -2.18. The Hall–Kier alpha value is -0.800. The second kappa shape index (κ2) is 5.51. The molecule has 1 N–H and O–H groups in total. The molecule has 2 aromatic rings. The maximum absolute atomic E-state index is 3.54. The van der Waals surface area contributed by atoms with Crippen LogP contribution in [0.2, 0.25) is 0 Å². The average molecular weight is 296 g/mol. The van der Waals surface area contributed by atoms with Crippen molar-refractivity contribution in [2.75, 3.05) is 5.32 Å². The summed E-state index contributed by atoms with van der Waals surface area (Å²) in [5, 5.41) is 7.77. The van der Waals surface area contributed by atoms with Crippen LogP contribution in [-0.2, 0) is 0 Å². The molecule has 0 spiro atoms. The molecule has 0 bridgehead atoms. The van der Waals surface area contributed by atoms with Crippen molar-refractivity contribution in [3.05, 3.63) is 51.1 Å². The summed E-state index contributed by atoms with van der Waals surface area (Å²) in [4.78, 5) is 0. The maximum Gasteiger partial charge on any atom is 0.0511 e. The fourth-order valence-electron chi connectivity index (χ4n) is 1.69. The standard InChI is InChI=1S/C13H14BrNS/c1-2-13(15-12-6-7-16-9-12)10-4-3-5-11(14)8-10/h3-9,13,15H,2H2,1H3. The van der Waals surface area contributed by atoms with Crippen molar-refractivity contribution in [1.29, 1.82) is 0 Å². The summed E-state index contributed by atoms with van der Waals surface area (Å²) in [6, 6.07) is 11.0. The van der Waals surface area contributed by atoms with Crippen molar-refractivity contribution in [2.45, 2.75) is 19.4 Å². The van der Waals surface area contributed by atoms with Crippen molar-refractivity contribution < 1.29 is 0 Å². The normalized spacial score (nSPS) is 12.4. The highest BCUT2D eigenvalue weighted by molar-refractivity contribution is 9.10. The van der Waals surface area contributed by atoms with Gasteiger partial charge < -0.3 is 5.32 Å². The molecule has 1 nitrogen and oxygen atoms in total. The molecule has 1 aromatic heterocycles. The van der Waals surface area contributed by atoms with E-state index in [2.05, 4.69) is 69.3 Å². The van der Waals surface area contributed by atoms with Crippen LogP contribution in [0.1, 0.15) is 24.9 Å². The lowest BCUT2D eigenvalue weighted by molar-refractivity contribution is 0.749. The van der Waals surface area contributed by atoms with Gasteiger partial charge in [-0.2, -0.15) is 11.3 Å². The summed E-state index contributed by atoms with van der Waals surface area (Å²) in [5.41, 5.74) is 2.53. The molecule has 0 saturated heterocycles. The van der Waals surface area contributed by atoms with Gasteiger partial charge in [-0.25, -0.2) is 0 Å². The van der Waals surface area contributed by atoms with Crippen LogP contribution >= 0.6 is 27.3 Å². The molecule has 0 radical (unpaired) electrons. The number of anilines is 1. The molecular formula is C13H14BrNS. The molecule has 1 unspecified atom stereocenters. The Morgan fingerprint density at radius 1 is 1.38 bits per heavy atom. The van der Waals surface area contributed by atoms with Gasteiger partial charge >= 0.3 is 0 Å². The molecule has 1 aromatic carbocycles. The van der Waals surface area contributed by atoms with Crippen LogP contribution in [-0.4, -0.2) is 0 Å². The van der Waals surface area contributed by atoms with Gasteiger partial charge in [-0.05, 0) is 35.6 Å². The molecule has 16 heavy (non-hydrogen) atoms. The minimum atomic E-state index is 0.382. The zero-order valence-corrected chi connectivity index (χ0v) is 11.5. The van der Waals surface area contributed by atoms with Gasteiger partial charge in [-0.1, -0.05) is 35.0 Å². The van der Waals surface area contributed by atoms with Crippen LogP contribution in [0, 0.1) is 0 Å². The third-order valence-electron chi connectivity index (χ3n) is 2.52. The SMILES string of the molecule is CCC(Nc1ccsc1)c1cccc(Br)c1. The number of hydrogen-bond acceptors (Lipinski definition) is 2. The summed E-state index contributed by atoms with van der Waals surface area (Å²) in [6.45, 7) is 2.20. The monoisotopic (exact) mass is 295 g/mol. The fraction of sp³-hybridized carbons (Fsp3) is 0.231. The van der Waals surface area contributed by atoms with Crippen molar-refractivity contribution in [1.82, 2.24) is 0 Å². The van der Waals surface area contributed by atoms with Gasteiger partial charge in [0.2, 0.25) is 0 Å². The van der Waals surface area contributed by atoms with Crippen LogP contribution in [0.4, 0.5) is 5.69 Å². The predicted molar refractivity (Wildman–Crippen MR) is 75.1 cm³/mol. The number of benzene rings is 1. The quantitative estimate of drug-likeness (QED) is 0.830. The molecule has 0 amide bonds. The Labute approximate surface area is 109 Å². The summed E-state index contributed by atoms with van der Waals surface area (Å²) in [7, 11) is 0. The maximum atomic E-state index is 3.54. The van der Waals surface area contributed by atoms with Gasteiger partial charge in [0, 0.05) is 15.5 Å². The predicted octanol–water partition coefficient (Wildman–Crippen LogP) is 5.07. The highest BCUT2D eigenvalue weighted by atomic mass is 79.9. The fourth-order valence-corrected chi connectivity index (χ4v) is 2.71. The van der Waals surface area contributed by atoms with E-state index in [0.29, 0.717) is 6.04 Å². The minimum absolute atomic E-state index is 0.382. The number of nitrogens with one attached hydrogen (secondary N) is 1. The molecule has 0 aliphatic heterocycles. The highest BCUT2D eigenvalue weighted by Gasteiger charge is 2.09. The lowest BCUT2D eigenvalue weighted by atomic mass is 10.0. The molecular weight excluding hydrogens is 282 g/mol. The first-order valence-corrected chi connectivity index (χ1v) is 7.07. The van der Waals surface area contributed by atoms with Crippen LogP contribution in [0.5, 0.6) is 0 Å². The number of rotatable bonds is 4. The van der Waals surface area contributed by atoms with Gasteiger partial charge in [0.05, 0.1) is 6.04 Å². The van der Waals surface area contributed by atoms with E-state index in [9.17, 15) is 0 Å². The van der Waals surface area contributed by atoms with Crippen molar-refractivity contribution in [3.63, 3.8) is 0 Å². The highest BCUT2D eigenvalue weighted by Crippen LogP contribution is 2.25. The average Bonchev–Trinajstić information content (AvgIpc) is 2.78. The largest absolute Gasteiger partial charge is 0.378 e. The number of hydrogen-bond donors (Lipinski definition) is 1. The first kappa shape index (κ1) is 11.7. The van der Waals surface area contributed by atoms with E-state index in [0.717, 1.165) is 10.9 Å². The third-order valence-corrected chi connectivity index (χ3v) is 3.70. The topological polar surface area (TPSA) is 12.0 Å². The molecule has 1 atom stereocenters.